The second-order valence-electron chi connectivity index (χ2n) is 3.06. The first-order valence-electron chi connectivity index (χ1n) is 4.31. The fourth-order valence-corrected chi connectivity index (χ4v) is 1.44. The first-order valence-corrected chi connectivity index (χ1v) is 4.84. The number of aliphatic hydroxyl groups excluding tert-OH is 2. The maximum atomic E-state index is 10.7. The Bertz CT molecular complexity index is 353. The van der Waals surface area contributed by atoms with Crippen LogP contribution in [0.2, 0.25) is 0 Å². The molecule has 15 heavy (non-hydrogen) atoms. The smallest absolute Gasteiger partial charge is 0.150 e. The van der Waals surface area contributed by atoms with Gasteiger partial charge in [-0.1, -0.05) is 12.1 Å². The van der Waals surface area contributed by atoms with Crippen LogP contribution in [-0.2, 0) is 0 Å². The Kier molecular flexibility index (Phi) is 4.08. The lowest BCUT2D eigenvalue weighted by Crippen LogP contribution is -2.21. The van der Waals surface area contributed by atoms with Crippen LogP contribution >= 0.6 is 11.6 Å². The van der Waals surface area contributed by atoms with Crippen LogP contribution in [0.25, 0.3) is 0 Å². The van der Waals surface area contributed by atoms with Crippen LogP contribution in [0.1, 0.15) is 22.0 Å². The lowest BCUT2D eigenvalue weighted by molar-refractivity contribution is 0.0308. The molecule has 2 unspecified atom stereocenters. The van der Waals surface area contributed by atoms with E-state index in [9.17, 15) is 20.1 Å². The zero-order chi connectivity index (χ0) is 11.4. The van der Waals surface area contributed by atoms with Crippen molar-refractivity contribution in [2.75, 3.05) is 5.88 Å². The summed E-state index contributed by atoms with van der Waals surface area (Å²) in [5.74, 6) is -0.426. The van der Waals surface area contributed by atoms with Crippen molar-refractivity contribution in [1.29, 1.82) is 0 Å². The topological polar surface area (TPSA) is 77.8 Å². The predicted molar refractivity (Wildman–Crippen MR) is 55.2 cm³/mol. The summed E-state index contributed by atoms with van der Waals surface area (Å²) in [6.45, 7) is 0. The van der Waals surface area contributed by atoms with Crippen molar-refractivity contribution >= 4 is 17.9 Å². The average Bonchev–Trinajstić information content (AvgIpc) is 2.26. The van der Waals surface area contributed by atoms with Gasteiger partial charge in [0.25, 0.3) is 0 Å². The van der Waals surface area contributed by atoms with E-state index in [1.54, 1.807) is 0 Å². The predicted octanol–water partition coefficient (Wildman–Crippen LogP) is 0.838. The summed E-state index contributed by atoms with van der Waals surface area (Å²) in [7, 11) is 0. The molecule has 2 atom stereocenters. The zero-order valence-electron chi connectivity index (χ0n) is 7.80. The molecule has 0 spiro atoms. The number of alkyl halides is 1. The minimum absolute atomic E-state index is 0.000602. The maximum Gasteiger partial charge on any atom is 0.150 e. The molecule has 0 bridgehead atoms. The molecule has 0 aliphatic rings. The maximum absolute atomic E-state index is 10.7. The van der Waals surface area contributed by atoms with Gasteiger partial charge in [0.05, 0.1) is 12.0 Å². The quantitative estimate of drug-likeness (QED) is 0.529. The Labute approximate surface area is 91.7 Å². The summed E-state index contributed by atoms with van der Waals surface area (Å²) in [6.07, 6.45) is -2.10. The van der Waals surface area contributed by atoms with E-state index in [0.29, 0.717) is 6.29 Å². The van der Waals surface area contributed by atoms with Crippen molar-refractivity contribution in [3.8, 4) is 5.75 Å². The summed E-state index contributed by atoms with van der Waals surface area (Å²) in [5.41, 5.74) is 0.132. The van der Waals surface area contributed by atoms with Gasteiger partial charge < -0.3 is 15.3 Å². The molecule has 5 heteroatoms. The Morgan fingerprint density at radius 1 is 1.40 bits per heavy atom. The second-order valence-corrected chi connectivity index (χ2v) is 3.37. The van der Waals surface area contributed by atoms with E-state index in [4.69, 9.17) is 11.6 Å². The van der Waals surface area contributed by atoms with Crippen molar-refractivity contribution in [3.63, 3.8) is 0 Å². The average molecular weight is 231 g/mol. The van der Waals surface area contributed by atoms with Crippen molar-refractivity contribution in [2.45, 2.75) is 12.2 Å². The molecule has 0 aromatic heterocycles. The van der Waals surface area contributed by atoms with E-state index in [0.717, 1.165) is 0 Å². The molecular weight excluding hydrogens is 220 g/mol. The monoisotopic (exact) mass is 230 g/mol. The zero-order valence-corrected chi connectivity index (χ0v) is 8.55. The van der Waals surface area contributed by atoms with Gasteiger partial charge in [-0.05, 0) is 6.07 Å². The van der Waals surface area contributed by atoms with E-state index in [1.165, 1.54) is 18.2 Å². The van der Waals surface area contributed by atoms with Gasteiger partial charge in [0.2, 0.25) is 0 Å². The number of halogens is 1. The van der Waals surface area contributed by atoms with Crippen LogP contribution in [0.3, 0.4) is 0 Å². The van der Waals surface area contributed by atoms with Gasteiger partial charge in [-0.3, -0.25) is 4.79 Å². The van der Waals surface area contributed by atoms with Crippen LogP contribution in [0.15, 0.2) is 18.2 Å². The lowest BCUT2D eigenvalue weighted by Gasteiger charge is -2.18. The molecule has 0 saturated heterocycles. The van der Waals surface area contributed by atoms with Gasteiger partial charge in [0.1, 0.15) is 11.9 Å². The summed E-state index contributed by atoms with van der Waals surface area (Å²) in [4.78, 5) is 10.7. The normalized spacial score (nSPS) is 14.6. The van der Waals surface area contributed by atoms with Crippen LogP contribution in [-0.4, -0.2) is 33.6 Å². The first kappa shape index (κ1) is 12.0. The first-order chi connectivity index (χ1) is 7.11. The van der Waals surface area contributed by atoms with Gasteiger partial charge in [-0.15, -0.1) is 11.6 Å². The third-order valence-electron chi connectivity index (χ3n) is 2.06. The number of aromatic hydroxyl groups is 1. The summed E-state index contributed by atoms with van der Waals surface area (Å²) in [6, 6.07) is 4.24. The fourth-order valence-electron chi connectivity index (χ4n) is 1.27. The van der Waals surface area contributed by atoms with Gasteiger partial charge >= 0.3 is 0 Å². The molecule has 1 rings (SSSR count). The summed E-state index contributed by atoms with van der Waals surface area (Å²) >= 11 is 5.36. The molecule has 1 aromatic carbocycles. The number of hydrogen-bond acceptors (Lipinski definition) is 4. The Morgan fingerprint density at radius 3 is 2.60 bits per heavy atom. The second kappa shape index (κ2) is 5.11. The van der Waals surface area contributed by atoms with E-state index in [1.807, 2.05) is 0 Å². The van der Waals surface area contributed by atoms with Gasteiger partial charge in [-0.25, -0.2) is 0 Å². The molecule has 0 radical (unpaired) electrons. The van der Waals surface area contributed by atoms with Crippen molar-refractivity contribution in [3.05, 3.63) is 29.3 Å². The molecule has 0 fully saturated rings. The SMILES string of the molecule is O=Cc1cccc(O)c1C(O)C(O)CCl. The van der Waals surface area contributed by atoms with E-state index in [2.05, 4.69) is 0 Å². The highest BCUT2D eigenvalue weighted by Gasteiger charge is 2.23. The van der Waals surface area contributed by atoms with Gasteiger partial charge in [0.15, 0.2) is 6.29 Å². The molecule has 0 aliphatic carbocycles. The molecule has 3 N–H and O–H groups in total. The Balaban J connectivity index is 3.16. The summed E-state index contributed by atoms with van der Waals surface area (Å²) < 4.78 is 0. The highest BCUT2D eigenvalue weighted by molar-refractivity contribution is 6.18. The third kappa shape index (κ3) is 2.47. The van der Waals surface area contributed by atoms with Crippen molar-refractivity contribution < 1.29 is 20.1 Å². The number of aliphatic hydroxyl groups is 2. The number of carbonyl (C=O) groups is 1. The number of hydrogen-bond donors (Lipinski definition) is 3. The van der Waals surface area contributed by atoms with Crippen LogP contribution < -0.4 is 0 Å². The molecule has 82 valence electrons. The number of carbonyl (C=O) groups excluding carboxylic acids is 1. The van der Waals surface area contributed by atoms with Crippen LogP contribution in [0.4, 0.5) is 0 Å². The minimum Gasteiger partial charge on any atom is -0.508 e. The molecule has 0 amide bonds. The molecule has 0 aliphatic heterocycles. The van der Waals surface area contributed by atoms with Gasteiger partial charge in [0, 0.05) is 11.1 Å². The third-order valence-corrected chi connectivity index (χ3v) is 2.38. The largest absolute Gasteiger partial charge is 0.508 e. The molecule has 0 saturated carbocycles. The number of phenols is 1. The minimum atomic E-state index is -1.37. The number of rotatable bonds is 4. The van der Waals surface area contributed by atoms with Crippen molar-refractivity contribution in [1.82, 2.24) is 0 Å². The molecule has 4 nitrogen and oxygen atoms in total. The molecular formula is C10H11ClO4. The van der Waals surface area contributed by atoms with Crippen molar-refractivity contribution in [2.24, 2.45) is 0 Å². The van der Waals surface area contributed by atoms with Gasteiger partial charge in [-0.2, -0.15) is 0 Å². The summed E-state index contributed by atoms with van der Waals surface area (Å²) in [5, 5.41) is 28.4. The van der Waals surface area contributed by atoms with E-state index in [-0.39, 0.29) is 22.8 Å². The fraction of sp³-hybridized carbons (Fsp3) is 0.300. The highest BCUT2D eigenvalue weighted by Crippen LogP contribution is 2.29. The number of benzene rings is 1. The number of phenolic OH excluding ortho intramolecular Hbond substituents is 1. The highest BCUT2D eigenvalue weighted by atomic mass is 35.5. The Hall–Kier alpha value is -1.10. The lowest BCUT2D eigenvalue weighted by atomic mass is 9.99. The molecule has 0 heterocycles. The van der Waals surface area contributed by atoms with Crippen LogP contribution in [0, 0.1) is 0 Å². The standard InChI is InChI=1S/C10H11ClO4/c11-4-8(14)10(15)9-6(5-12)2-1-3-7(9)13/h1-3,5,8,10,13-15H,4H2. The molecule has 1 aromatic rings. The van der Waals surface area contributed by atoms with E-state index >= 15 is 0 Å². The van der Waals surface area contributed by atoms with E-state index < -0.39 is 12.2 Å². The Morgan fingerprint density at radius 2 is 2.07 bits per heavy atom. The van der Waals surface area contributed by atoms with Crippen LogP contribution in [0.5, 0.6) is 5.75 Å². The number of aldehydes is 1.